The second-order valence-electron chi connectivity index (χ2n) is 4.41. The summed E-state index contributed by atoms with van der Waals surface area (Å²) in [5, 5.41) is 0. The summed E-state index contributed by atoms with van der Waals surface area (Å²) in [6.45, 7) is 0.585. The van der Waals surface area contributed by atoms with Crippen LogP contribution >= 0.6 is 0 Å². The molecule has 1 aromatic heterocycles. The SMILES string of the molecule is NC(=O)C1CCCN1C(=O)Cc1ccc(N)cn1. The van der Waals surface area contributed by atoms with E-state index in [1.807, 2.05) is 0 Å². The molecule has 1 saturated heterocycles. The second kappa shape index (κ2) is 5.03. The maximum Gasteiger partial charge on any atom is 0.240 e. The number of amides is 2. The van der Waals surface area contributed by atoms with E-state index < -0.39 is 11.9 Å². The molecule has 18 heavy (non-hydrogen) atoms. The number of carbonyl (C=O) groups excluding carboxylic acids is 2. The summed E-state index contributed by atoms with van der Waals surface area (Å²) in [6.07, 6.45) is 3.15. The molecule has 0 spiro atoms. The monoisotopic (exact) mass is 248 g/mol. The van der Waals surface area contributed by atoms with Crippen molar-refractivity contribution in [2.45, 2.75) is 25.3 Å². The Morgan fingerprint density at radius 3 is 2.83 bits per heavy atom. The van der Waals surface area contributed by atoms with Crippen molar-refractivity contribution in [2.24, 2.45) is 5.73 Å². The fourth-order valence-electron chi connectivity index (χ4n) is 2.16. The molecule has 0 aromatic carbocycles. The van der Waals surface area contributed by atoms with Crippen molar-refractivity contribution in [3.05, 3.63) is 24.0 Å². The van der Waals surface area contributed by atoms with Crippen LogP contribution in [0.3, 0.4) is 0 Å². The molecular weight excluding hydrogens is 232 g/mol. The van der Waals surface area contributed by atoms with Crippen LogP contribution in [0.1, 0.15) is 18.5 Å². The predicted molar refractivity (Wildman–Crippen MR) is 66.3 cm³/mol. The van der Waals surface area contributed by atoms with E-state index in [1.54, 1.807) is 17.0 Å². The third-order valence-corrected chi connectivity index (χ3v) is 3.08. The van der Waals surface area contributed by atoms with Gasteiger partial charge in [-0.05, 0) is 25.0 Å². The first-order valence-electron chi connectivity index (χ1n) is 5.87. The lowest BCUT2D eigenvalue weighted by Gasteiger charge is -2.21. The molecule has 0 aliphatic carbocycles. The van der Waals surface area contributed by atoms with Crippen molar-refractivity contribution in [3.63, 3.8) is 0 Å². The van der Waals surface area contributed by atoms with Gasteiger partial charge in [0.15, 0.2) is 0 Å². The van der Waals surface area contributed by atoms with E-state index in [9.17, 15) is 9.59 Å². The summed E-state index contributed by atoms with van der Waals surface area (Å²) >= 11 is 0. The maximum absolute atomic E-state index is 12.1. The van der Waals surface area contributed by atoms with E-state index in [1.165, 1.54) is 6.20 Å². The largest absolute Gasteiger partial charge is 0.397 e. The number of nitrogen functional groups attached to an aromatic ring is 1. The molecule has 1 unspecified atom stereocenters. The summed E-state index contributed by atoms with van der Waals surface area (Å²) in [5.41, 5.74) is 12.0. The van der Waals surface area contributed by atoms with Crippen molar-refractivity contribution in [2.75, 3.05) is 12.3 Å². The highest BCUT2D eigenvalue weighted by molar-refractivity contribution is 5.87. The zero-order valence-corrected chi connectivity index (χ0v) is 10.0. The molecular formula is C12H16N4O2. The zero-order valence-electron chi connectivity index (χ0n) is 10.0. The van der Waals surface area contributed by atoms with Gasteiger partial charge in [-0.2, -0.15) is 0 Å². The third-order valence-electron chi connectivity index (χ3n) is 3.08. The molecule has 96 valence electrons. The number of carbonyl (C=O) groups is 2. The van der Waals surface area contributed by atoms with Gasteiger partial charge in [0.1, 0.15) is 6.04 Å². The number of rotatable bonds is 3. The molecule has 4 N–H and O–H groups in total. The van der Waals surface area contributed by atoms with Crippen molar-refractivity contribution in [1.29, 1.82) is 0 Å². The first-order chi connectivity index (χ1) is 8.58. The molecule has 0 saturated carbocycles. The van der Waals surface area contributed by atoms with Crippen LogP contribution in [0.4, 0.5) is 5.69 Å². The molecule has 2 rings (SSSR count). The number of hydrogen-bond acceptors (Lipinski definition) is 4. The minimum absolute atomic E-state index is 0.117. The standard InChI is InChI=1S/C12H16N4O2/c13-8-3-4-9(15-7-8)6-11(17)16-5-1-2-10(16)12(14)18/h3-4,7,10H,1-2,5-6,13H2,(H2,14,18). The molecule has 6 heteroatoms. The maximum atomic E-state index is 12.1. The summed E-state index contributed by atoms with van der Waals surface area (Å²) < 4.78 is 0. The Balaban J connectivity index is 2.03. The molecule has 6 nitrogen and oxygen atoms in total. The number of pyridine rings is 1. The van der Waals surface area contributed by atoms with Crippen LogP contribution in [0, 0.1) is 0 Å². The third kappa shape index (κ3) is 2.58. The lowest BCUT2D eigenvalue weighted by Crippen LogP contribution is -2.44. The van der Waals surface area contributed by atoms with Gasteiger partial charge in [-0.1, -0.05) is 0 Å². The van der Waals surface area contributed by atoms with Crippen molar-refractivity contribution < 1.29 is 9.59 Å². The lowest BCUT2D eigenvalue weighted by atomic mass is 10.2. The van der Waals surface area contributed by atoms with Crippen LogP contribution in [-0.2, 0) is 16.0 Å². The number of hydrogen-bond donors (Lipinski definition) is 2. The number of likely N-dealkylation sites (tertiary alicyclic amines) is 1. The highest BCUT2D eigenvalue weighted by Gasteiger charge is 2.32. The van der Waals surface area contributed by atoms with Crippen molar-refractivity contribution in [1.82, 2.24) is 9.88 Å². The predicted octanol–water partition coefficient (Wildman–Crippen LogP) is -0.317. The quantitative estimate of drug-likeness (QED) is 0.765. The number of nitrogens with two attached hydrogens (primary N) is 2. The summed E-state index contributed by atoms with van der Waals surface area (Å²) in [4.78, 5) is 28.9. The molecule has 2 amide bonds. The van der Waals surface area contributed by atoms with Gasteiger partial charge in [0.25, 0.3) is 0 Å². The van der Waals surface area contributed by atoms with Gasteiger partial charge in [-0.15, -0.1) is 0 Å². The lowest BCUT2D eigenvalue weighted by molar-refractivity contribution is -0.136. The van der Waals surface area contributed by atoms with Gasteiger partial charge in [-0.3, -0.25) is 14.6 Å². The van der Waals surface area contributed by atoms with Gasteiger partial charge in [0, 0.05) is 12.2 Å². The summed E-state index contributed by atoms with van der Waals surface area (Å²) in [7, 11) is 0. The van der Waals surface area contributed by atoms with E-state index in [2.05, 4.69) is 4.98 Å². The van der Waals surface area contributed by atoms with Gasteiger partial charge in [0.2, 0.25) is 11.8 Å². The van der Waals surface area contributed by atoms with E-state index in [-0.39, 0.29) is 12.3 Å². The summed E-state index contributed by atoms with van der Waals surface area (Å²) in [5.74, 6) is -0.556. The molecule has 1 aromatic rings. The van der Waals surface area contributed by atoms with E-state index in [4.69, 9.17) is 11.5 Å². The Bertz CT molecular complexity index is 458. The molecule has 2 heterocycles. The molecule has 1 aliphatic rings. The Hall–Kier alpha value is -2.11. The van der Waals surface area contributed by atoms with Crippen LogP contribution in [-0.4, -0.2) is 34.3 Å². The molecule has 1 fully saturated rings. The molecule has 0 radical (unpaired) electrons. The highest BCUT2D eigenvalue weighted by Crippen LogP contribution is 2.18. The minimum Gasteiger partial charge on any atom is -0.397 e. The zero-order chi connectivity index (χ0) is 13.1. The first kappa shape index (κ1) is 12.3. The van der Waals surface area contributed by atoms with Crippen molar-refractivity contribution >= 4 is 17.5 Å². The fraction of sp³-hybridized carbons (Fsp3) is 0.417. The number of nitrogens with zero attached hydrogens (tertiary/aromatic N) is 2. The summed E-state index contributed by atoms with van der Waals surface area (Å²) in [6, 6.07) is 2.94. The molecule has 1 atom stereocenters. The molecule has 1 aliphatic heterocycles. The highest BCUT2D eigenvalue weighted by atomic mass is 16.2. The Kier molecular flexibility index (Phi) is 3.45. The number of aromatic nitrogens is 1. The van der Waals surface area contributed by atoms with E-state index in [0.717, 1.165) is 6.42 Å². The minimum atomic E-state index is -0.466. The second-order valence-corrected chi connectivity index (χ2v) is 4.41. The van der Waals surface area contributed by atoms with E-state index in [0.29, 0.717) is 24.3 Å². The van der Waals surface area contributed by atoms with E-state index >= 15 is 0 Å². The van der Waals surface area contributed by atoms with Gasteiger partial charge in [-0.25, -0.2) is 0 Å². The van der Waals surface area contributed by atoms with Gasteiger partial charge in [0.05, 0.1) is 18.3 Å². The van der Waals surface area contributed by atoms with Crippen LogP contribution in [0.15, 0.2) is 18.3 Å². The Morgan fingerprint density at radius 1 is 1.44 bits per heavy atom. The number of primary amides is 1. The Morgan fingerprint density at radius 2 is 2.22 bits per heavy atom. The van der Waals surface area contributed by atoms with Gasteiger partial charge < -0.3 is 16.4 Å². The van der Waals surface area contributed by atoms with Crippen LogP contribution < -0.4 is 11.5 Å². The Labute approximate surface area is 105 Å². The van der Waals surface area contributed by atoms with Crippen LogP contribution in [0.2, 0.25) is 0 Å². The fourth-order valence-corrected chi connectivity index (χ4v) is 2.16. The normalized spacial score (nSPS) is 18.9. The average molecular weight is 248 g/mol. The van der Waals surface area contributed by atoms with Crippen molar-refractivity contribution in [3.8, 4) is 0 Å². The van der Waals surface area contributed by atoms with Crippen LogP contribution in [0.25, 0.3) is 0 Å². The average Bonchev–Trinajstić information content (AvgIpc) is 2.81. The number of anilines is 1. The smallest absolute Gasteiger partial charge is 0.240 e. The topological polar surface area (TPSA) is 102 Å². The molecule has 0 bridgehead atoms. The van der Waals surface area contributed by atoms with Crippen LogP contribution in [0.5, 0.6) is 0 Å². The van der Waals surface area contributed by atoms with Gasteiger partial charge >= 0.3 is 0 Å². The first-order valence-corrected chi connectivity index (χ1v) is 5.87.